The summed E-state index contributed by atoms with van der Waals surface area (Å²) in [6, 6.07) is 23.7. The standard InChI is InChI=1S/C29H26N4O5S2/c1-3-39(34,35)23-12-9-19(10-13-23)25-16-21-15-20(11-14-26(21)32-28(25)30)22-17-27(29(38-2)31-18-22)33-40(36,37)24-7-5-4-6-8-24/h4-18,33H,3H2,1-2H3,(H2,30,32). The average molecular weight is 575 g/mol. The Hall–Kier alpha value is -4.48. The minimum atomic E-state index is -3.87. The molecule has 0 aliphatic rings. The van der Waals surface area contributed by atoms with Crippen molar-refractivity contribution in [1.82, 2.24) is 9.97 Å². The number of aromatic nitrogens is 2. The second-order valence-corrected chi connectivity index (χ2v) is 12.9. The SMILES string of the molecule is CCS(=O)(=O)c1ccc(-c2cc3cc(-c4cnc(OC)c(NS(=O)(=O)c5ccccc5)c4)ccc3nc2N)cc1. The molecule has 9 nitrogen and oxygen atoms in total. The first-order valence-corrected chi connectivity index (χ1v) is 15.4. The highest BCUT2D eigenvalue weighted by molar-refractivity contribution is 7.92. The van der Waals surface area contributed by atoms with Gasteiger partial charge in [-0.15, -0.1) is 0 Å². The molecule has 0 radical (unpaired) electrons. The van der Waals surface area contributed by atoms with Crippen LogP contribution in [0.3, 0.4) is 0 Å². The largest absolute Gasteiger partial charge is 0.480 e. The summed E-state index contributed by atoms with van der Waals surface area (Å²) >= 11 is 0. The minimum absolute atomic E-state index is 0.0183. The summed E-state index contributed by atoms with van der Waals surface area (Å²) in [5, 5.41) is 0.786. The Labute approximate surface area is 232 Å². The lowest BCUT2D eigenvalue weighted by Gasteiger charge is -2.13. The molecule has 0 spiro atoms. The van der Waals surface area contributed by atoms with Crippen molar-refractivity contribution in [2.45, 2.75) is 16.7 Å². The zero-order valence-corrected chi connectivity index (χ0v) is 23.3. The lowest BCUT2D eigenvalue weighted by Crippen LogP contribution is -2.14. The fourth-order valence-electron chi connectivity index (χ4n) is 4.26. The van der Waals surface area contributed by atoms with Gasteiger partial charge in [-0.2, -0.15) is 0 Å². The Morgan fingerprint density at radius 1 is 0.825 bits per heavy atom. The van der Waals surface area contributed by atoms with Crippen molar-refractivity contribution >= 4 is 42.3 Å². The lowest BCUT2D eigenvalue weighted by molar-refractivity contribution is 0.400. The van der Waals surface area contributed by atoms with Crippen molar-refractivity contribution in [2.75, 3.05) is 23.3 Å². The van der Waals surface area contributed by atoms with Gasteiger partial charge in [-0.3, -0.25) is 4.72 Å². The third-order valence-corrected chi connectivity index (χ3v) is 9.56. The molecular weight excluding hydrogens is 548 g/mol. The number of hydrogen-bond acceptors (Lipinski definition) is 8. The van der Waals surface area contributed by atoms with E-state index in [1.54, 1.807) is 61.7 Å². The molecule has 0 saturated heterocycles. The van der Waals surface area contributed by atoms with Crippen LogP contribution in [-0.2, 0) is 19.9 Å². The van der Waals surface area contributed by atoms with Crippen LogP contribution < -0.4 is 15.2 Å². The van der Waals surface area contributed by atoms with E-state index in [1.165, 1.54) is 19.2 Å². The summed E-state index contributed by atoms with van der Waals surface area (Å²) in [7, 11) is -5.77. The fourth-order valence-corrected chi connectivity index (χ4v) is 6.21. The highest BCUT2D eigenvalue weighted by atomic mass is 32.2. The van der Waals surface area contributed by atoms with Crippen molar-refractivity contribution in [2.24, 2.45) is 0 Å². The van der Waals surface area contributed by atoms with E-state index < -0.39 is 19.9 Å². The minimum Gasteiger partial charge on any atom is -0.480 e. The normalized spacial score (nSPS) is 11.8. The Balaban J connectivity index is 1.53. The van der Waals surface area contributed by atoms with Crippen molar-refractivity contribution in [3.63, 3.8) is 0 Å². The molecule has 0 aliphatic carbocycles. The van der Waals surface area contributed by atoms with Crippen LogP contribution in [0.15, 0.2) is 101 Å². The molecule has 204 valence electrons. The third-order valence-electron chi connectivity index (χ3n) is 6.42. The number of sulfonamides is 1. The van der Waals surface area contributed by atoms with Gasteiger partial charge in [0.15, 0.2) is 9.84 Å². The number of hydrogen-bond donors (Lipinski definition) is 2. The smallest absolute Gasteiger partial charge is 0.262 e. The van der Waals surface area contributed by atoms with Crippen LogP contribution in [-0.4, -0.2) is 39.7 Å². The third kappa shape index (κ3) is 5.33. The van der Waals surface area contributed by atoms with Crippen LogP contribution in [0.2, 0.25) is 0 Å². The molecule has 40 heavy (non-hydrogen) atoms. The number of nitrogens with two attached hydrogens (primary N) is 1. The van der Waals surface area contributed by atoms with E-state index in [0.29, 0.717) is 22.5 Å². The predicted octanol–water partition coefficient (Wildman–Crippen LogP) is 5.15. The number of benzene rings is 3. The van der Waals surface area contributed by atoms with Gasteiger partial charge in [0.05, 0.1) is 28.2 Å². The maximum absolute atomic E-state index is 12.9. The zero-order chi connectivity index (χ0) is 28.5. The number of sulfone groups is 1. The Morgan fingerprint density at radius 3 is 2.20 bits per heavy atom. The zero-order valence-electron chi connectivity index (χ0n) is 21.7. The Morgan fingerprint density at radius 2 is 1.52 bits per heavy atom. The molecule has 5 rings (SSSR count). The Bertz CT molecular complexity index is 1930. The molecule has 0 aliphatic heterocycles. The van der Waals surface area contributed by atoms with Gasteiger partial charge in [-0.1, -0.05) is 43.3 Å². The van der Waals surface area contributed by atoms with E-state index in [1.807, 2.05) is 24.3 Å². The van der Waals surface area contributed by atoms with Gasteiger partial charge in [0.2, 0.25) is 5.88 Å². The molecule has 11 heteroatoms. The number of rotatable bonds is 8. The van der Waals surface area contributed by atoms with Gasteiger partial charge in [0, 0.05) is 22.7 Å². The molecule has 0 atom stereocenters. The van der Waals surface area contributed by atoms with Crippen molar-refractivity contribution in [3.8, 4) is 28.1 Å². The van der Waals surface area contributed by atoms with Crippen LogP contribution in [0.1, 0.15) is 6.92 Å². The van der Waals surface area contributed by atoms with Gasteiger partial charge in [0.1, 0.15) is 11.5 Å². The Kier molecular flexibility index (Phi) is 7.17. The molecule has 0 fully saturated rings. The van der Waals surface area contributed by atoms with E-state index in [9.17, 15) is 16.8 Å². The second-order valence-electron chi connectivity index (χ2n) is 8.96. The van der Waals surface area contributed by atoms with E-state index in [2.05, 4.69) is 14.7 Å². The summed E-state index contributed by atoms with van der Waals surface area (Å²) in [6.45, 7) is 1.60. The summed E-state index contributed by atoms with van der Waals surface area (Å²) in [6.07, 6.45) is 1.60. The number of nitrogen functional groups attached to an aromatic ring is 1. The number of methoxy groups -OCH3 is 1. The quantitative estimate of drug-likeness (QED) is 0.259. The molecule has 0 amide bonds. The summed E-state index contributed by atoms with van der Waals surface area (Å²) in [5.74, 6) is 0.467. The predicted molar refractivity (Wildman–Crippen MR) is 156 cm³/mol. The van der Waals surface area contributed by atoms with Crippen molar-refractivity contribution in [1.29, 1.82) is 0 Å². The number of nitrogens with one attached hydrogen (secondary N) is 1. The summed E-state index contributed by atoms with van der Waals surface area (Å²) < 4.78 is 58.1. The highest BCUT2D eigenvalue weighted by Crippen LogP contribution is 2.34. The second kappa shape index (κ2) is 10.6. The molecule has 0 bridgehead atoms. The van der Waals surface area contributed by atoms with Crippen molar-refractivity contribution < 1.29 is 21.6 Å². The van der Waals surface area contributed by atoms with Gasteiger partial charge >= 0.3 is 0 Å². The number of fused-ring (bicyclic) bond motifs is 1. The van der Waals surface area contributed by atoms with Crippen molar-refractivity contribution in [3.05, 3.63) is 91.1 Å². The molecule has 0 saturated carbocycles. The first-order chi connectivity index (χ1) is 19.1. The summed E-state index contributed by atoms with van der Waals surface area (Å²) in [4.78, 5) is 9.21. The van der Waals surface area contributed by atoms with Crippen LogP contribution in [0.5, 0.6) is 5.88 Å². The number of anilines is 2. The molecule has 3 N–H and O–H groups in total. The van der Waals surface area contributed by atoms with Gasteiger partial charge in [-0.25, -0.2) is 26.8 Å². The number of nitrogens with zero attached hydrogens (tertiary/aromatic N) is 2. The molecule has 2 aromatic heterocycles. The molecule has 0 unspecified atom stereocenters. The van der Waals surface area contributed by atoms with E-state index >= 15 is 0 Å². The van der Waals surface area contributed by atoms with Crippen LogP contribution in [0, 0.1) is 0 Å². The van der Waals surface area contributed by atoms with Gasteiger partial charge in [-0.05, 0) is 59.7 Å². The molecule has 3 aromatic carbocycles. The maximum Gasteiger partial charge on any atom is 0.262 e. The lowest BCUT2D eigenvalue weighted by atomic mass is 10.0. The van der Waals surface area contributed by atoms with Crippen LogP contribution in [0.4, 0.5) is 11.5 Å². The first-order valence-electron chi connectivity index (χ1n) is 12.3. The number of ether oxygens (including phenoxy) is 1. The monoisotopic (exact) mass is 574 g/mol. The van der Waals surface area contributed by atoms with E-state index in [0.717, 1.165) is 16.5 Å². The van der Waals surface area contributed by atoms with Crippen LogP contribution in [0.25, 0.3) is 33.2 Å². The molecular formula is C29H26N4O5S2. The molecule has 5 aromatic rings. The maximum atomic E-state index is 12.9. The topological polar surface area (TPSA) is 141 Å². The van der Waals surface area contributed by atoms with Crippen LogP contribution >= 0.6 is 0 Å². The number of pyridine rings is 2. The van der Waals surface area contributed by atoms with E-state index in [4.69, 9.17) is 10.5 Å². The summed E-state index contributed by atoms with van der Waals surface area (Å²) in [5.41, 5.74) is 9.94. The fraction of sp³-hybridized carbons (Fsp3) is 0.103. The van der Waals surface area contributed by atoms with Gasteiger partial charge < -0.3 is 10.5 Å². The highest BCUT2D eigenvalue weighted by Gasteiger charge is 2.18. The van der Waals surface area contributed by atoms with E-state index in [-0.39, 0.29) is 27.1 Å². The molecule has 2 heterocycles. The average Bonchev–Trinajstić information content (AvgIpc) is 2.97. The van der Waals surface area contributed by atoms with Gasteiger partial charge in [0.25, 0.3) is 10.0 Å². The first kappa shape index (κ1) is 27.1.